The van der Waals surface area contributed by atoms with Crippen LogP contribution in [0.2, 0.25) is 10.0 Å². The lowest BCUT2D eigenvalue weighted by Gasteiger charge is -2.32. The largest absolute Gasteiger partial charge is 0.382 e. The molecule has 0 amide bonds. The van der Waals surface area contributed by atoms with Crippen molar-refractivity contribution in [2.45, 2.75) is 9.79 Å². The van der Waals surface area contributed by atoms with Crippen molar-refractivity contribution in [3.05, 3.63) is 52.5 Å². The summed E-state index contributed by atoms with van der Waals surface area (Å²) in [5, 5.41) is 0.834. The highest BCUT2D eigenvalue weighted by molar-refractivity contribution is 7.92. The predicted octanol–water partition coefficient (Wildman–Crippen LogP) is 3.56. The molecule has 132 valence electrons. The summed E-state index contributed by atoms with van der Waals surface area (Å²) >= 11 is 12.2. The molecule has 2 heterocycles. The van der Waals surface area contributed by atoms with E-state index in [4.69, 9.17) is 34.7 Å². The van der Waals surface area contributed by atoms with Crippen LogP contribution in [0.15, 0.2) is 52.3 Å². The van der Waals surface area contributed by atoms with Gasteiger partial charge in [0, 0.05) is 15.7 Å². The predicted molar refractivity (Wildman–Crippen MR) is 101 cm³/mol. The van der Waals surface area contributed by atoms with Gasteiger partial charge in [-0.1, -0.05) is 29.3 Å². The fourth-order valence-electron chi connectivity index (χ4n) is 2.88. The molecule has 0 radical (unpaired) electrons. The van der Waals surface area contributed by atoms with Gasteiger partial charge in [0.05, 0.1) is 10.6 Å². The minimum atomic E-state index is -3.96. The fraction of sp³-hybridized carbons (Fsp3) is 0. The zero-order chi connectivity index (χ0) is 18.6. The molecule has 0 spiro atoms. The van der Waals surface area contributed by atoms with E-state index in [2.05, 4.69) is 9.97 Å². The second kappa shape index (κ2) is 5.73. The van der Waals surface area contributed by atoms with E-state index in [0.717, 1.165) is 0 Å². The number of fused-ring (bicyclic) bond motifs is 2. The quantitative estimate of drug-likeness (QED) is 0.495. The number of benzene rings is 2. The molecule has 10 heteroatoms. The number of nitrogen functional groups attached to an aromatic ring is 2. The van der Waals surface area contributed by atoms with Crippen molar-refractivity contribution in [2.24, 2.45) is 0 Å². The average molecular weight is 408 g/mol. The topological polar surface area (TPSA) is 115 Å². The van der Waals surface area contributed by atoms with Crippen LogP contribution in [0.5, 0.6) is 0 Å². The van der Waals surface area contributed by atoms with Crippen LogP contribution < -0.4 is 16.4 Å². The molecule has 1 aromatic heterocycles. The molecule has 4 rings (SSSR count). The van der Waals surface area contributed by atoms with Gasteiger partial charge in [-0.2, -0.15) is 9.97 Å². The number of halogens is 2. The summed E-state index contributed by atoms with van der Waals surface area (Å²) in [5.74, 6) is -0.318. The maximum absolute atomic E-state index is 13.1. The first-order chi connectivity index (χ1) is 12.3. The lowest BCUT2D eigenvalue weighted by atomic mass is 10.2. The second-order valence-electron chi connectivity index (χ2n) is 5.55. The van der Waals surface area contributed by atoms with Crippen LogP contribution >= 0.6 is 23.2 Å². The molecule has 0 saturated heterocycles. The van der Waals surface area contributed by atoms with Gasteiger partial charge >= 0.3 is 0 Å². The Labute approximate surface area is 159 Å². The first-order valence-electron chi connectivity index (χ1n) is 7.32. The summed E-state index contributed by atoms with van der Waals surface area (Å²) in [6, 6.07) is 11.3. The Balaban J connectivity index is 2.15. The van der Waals surface area contributed by atoms with Crippen LogP contribution in [0.25, 0.3) is 0 Å². The number of anilines is 5. The SMILES string of the molecule is Nc1nc(N)c2c(n1)N(c1cccc(Cl)c1)c1cc(Cl)ccc1S2(=O)=O. The molecule has 26 heavy (non-hydrogen) atoms. The third kappa shape index (κ3) is 2.45. The van der Waals surface area contributed by atoms with Gasteiger partial charge in [-0.25, -0.2) is 8.42 Å². The molecule has 0 saturated carbocycles. The van der Waals surface area contributed by atoms with Crippen LogP contribution in [-0.4, -0.2) is 18.4 Å². The van der Waals surface area contributed by atoms with E-state index in [1.165, 1.54) is 18.2 Å². The zero-order valence-electron chi connectivity index (χ0n) is 13.0. The number of hydrogen-bond acceptors (Lipinski definition) is 7. The molecule has 7 nitrogen and oxygen atoms in total. The number of nitrogens with two attached hydrogens (primary N) is 2. The Hall–Kier alpha value is -2.55. The lowest BCUT2D eigenvalue weighted by molar-refractivity contribution is 0.594. The van der Waals surface area contributed by atoms with E-state index in [9.17, 15) is 8.42 Å². The van der Waals surface area contributed by atoms with E-state index in [1.54, 1.807) is 29.2 Å². The number of aromatic nitrogens is 2. The second-order valence-corrected chi connectivity index (χ2v) is 8.28. The van der Waals surface area contributed by atoms with Gasteiger partial charge in [0.1, 0.15) is 0 Å². The molecule has 3 aromatic rings. The molecule has 0 unspecified atom stereocenters. The minimum Gasteiger partial charge on any atom is -0.382 e. The third-order valence-electron chi connectivity index (χ3n) is 3.89. The molecular formula is C16H11Cl2N5O2S. The Morgan fingerprint density at radius 2 is 1.69 bits per heavy atom. The first kappa shape index (κ1) is 16.9. The highest BCUT2D eigenvalue weighted by Crippen LogP contribution is 2.49. The molecule has 1 aliphatic rings. The van der Waals surface area contributed by atoms with Crippen molar-refractivity contribution in [3.8, 4) is 0 Å². The monoisotopic (exact) mass is 407 g/mol. The van der Waals surface area contributed by atoms with Crippen LogP contribution in [0.1, 0.15) is 0 Å². The van der Waals surface area contributed by atoms with Gasteiger partial charge < -0.3 is 11.5 Å². The van der Waals surface area contributed by atoms with Crippen molar-refractivity contribution in [3.63, 3.8) is 0 Å². The average Bonchev–Trinajstić information content (AvgIpc) is 2.53. The zero-order valence-corrected chi connectivity index (χ0v) is 15.3. The van der Waals surface area contributed by atoms with Gasteiger partial charge in [0.15, 0.2) is 16.5 Å². The van der Waals surface area contributed by atoms with E-state index < -0.39 is 9.84 Å². The third-order valence-corrected chi connectivity index (χ3v) is 6.21. The van der Waals surface area contributed by atoms with Crippen LogP contribution in [0.4, 0.5) is 29.0 Å². The van der Waals surface area contributed by atoms with Crippen LogP contribution in [0.3, 0.4) is 0 Å². The highest BCUT2D eigenvalue weighted by atomic mass is 35.5. The van der Waals surface area contributed by atoms with Crippen LogP contribution in [-0.2, 0) is 9.84 Å². The molecule has 2 aromatic carbocycles. The maximum atomic E-state index is 13.1. The number of nitrogens with zero attached hydrogens (tertiary/aromatic N) is 3. The fourth-order valence-corrected chi connectivity index (χ4v) is 4.82. The smallest absolute Gasteiger partial charge is 0.224 e. The van der Waals surface area contributed by atoms with Crippen molar-refractivity contribution in [1.29, 1.82) is 0 Å². The summed E-state index contributed by atoms with van der Waals surface area (Å²) in [4.78, 5) is 9.36. The van der Waals surface area contributed by atoms with E-state index >= 15 is 0 Å². The molecule has 0 fully saturated rings. The molecule has 0 bridgehead atoms. The standard InChI is InChI=1S/C16H11Cl2N5O2S/c17-8-2-1-3-10(6-8)23-11-7-9(18)4-5-12(11)26(24,25)13-14(19)21-16(20)22-15(13)23/h1-7H,(H4,19,20,21,22). The van der Waals surface area contributed by atoms with Gasteiger partial charge in [0.2, 0.25) is 15.8 Å². The van der Waals surface area contributed by atoms with Gasteiger partial charge in [-0.15, -0.1) is 0 Å². The number of hydrogen-bond donors (Lipinski definition) is 2. The maximum Gasteiger partial charge on any atom is 0.224 e. The lowest BCUT2D eigenvalue weighted by Crippen LogP contribution is -2.25. The van der Waals surface area contributed by atoms with Crippen molar-refractivity contribution in [2.75, 3.05) is 16.4 Å². The molecule has 0 atom stereocenters. The van der Waals surface area contributed by atoms with Crippen LogP contribution in [0, 0.1) is 0 Å². The van der Waals surface area contributed by atoms with Crippen molar-refractivity contribution >= 4 is 62.0 Å². The Bertz CT molecular complexity index is 1170. The minimum absolute atomic E-state index is 0.0365. The summed E-state index contributed by atoms with van der Waals surface area (Å²) < 4.78 is 26.2. The normalized spacial score (nSPS) is 14.6. The van der Waals surface area contributed by atoms with Crippen molar-refractivity contribution < 1.29 is 8.42 Å². The highest BCUT2D eigenvalue weighted by Gasteiger charge is 2.39. The van der Waals surface area contributed by atoms with Crippen molar-refractivity contribution in [1.82, 2.24) is 9.97 Å². The molecular weight excluding hydrogens is 397 g/mol. The van der Waals surface area contributed by atoms with E-state index in [-0.39, 0.29) is 27.4 Å². The summed E-state index contributed by atoms with van der Waals surface area (Å²) in [6.07, 6.45) is 0. The summed E-state index contributed by atoms with van der Waals surface area (Å²) in [5.41, 5.74) is 12.5. The van der Waals surface area contributed by atoms with Gasteiger partial charge in [0.25, 0.3) is 0 Å². The Morgan fingerprint density at radius 1 is 0.962 bits per heavy atom. The number of rotatable bonds is 1. The number of sulfone groups is 1. The molecule has 0 aliphatic carbocycles. The molecule has 1 aliphatic heterocycles. The molecule has 4 N–H and O–H groups in total. The summed E-state index contributed by atoms with van der Waals surface area (Å²) in [7, 11) is -3.96. The van der Waals surface area contributed by atoms with Gasteiger partial charge in [-0.05, 0) is 36.4 Å². The van der Waals surface area contributed by atoms with E-state index in [0.29, 0.717) is 21.4 Å². The van der Waals surface area contributed by atoms with Gasteiger partial charge in [-0.3, -0.25) is 4.90 Å². The first-order valence-corrected chi connectivity index (χ1v) is 9.56. The Morgan fingerprint density at radius 3 is 2.42 bits per heavy atom. The van der Waals surface area contributed by atoms with E-state index in [1.807, 2.05) is 0 Å². The summed E-state index contributed by atoms with van der Waals surface area (Å²) in [6.45, 7) is 0. The Kier molecular flexibility index (Phi) is 3.72.